The molecule has 1 aliphatic rings. The Balaban J connectivity index is 2.38. The predicted molar refractivity (Wildman–Crippen MR) is 57.8 cm³/mol. The summed E-state index contributed by atoms with van der Waals surface area (Å²) < 4.78 is 5.43. The van der Waals surface area contributed by atoms with Crippen molar-refractivity contribution >= 4 is 11.9 Å². The summed E-state index contributed by atoms with van der Waals surface area (Å²) in [6, 6.07) is 0. The van der Waals surface area contributed by atoms with Crippen LogP contribution in [0.15, 0.2) is 0 Å². The monoisotopic (exact) mass is 229 g/mol. The Kier molecular flexibility index (Phi) is 4.29. The Morgan fingerprint density at radius 1 is 1.56 bits per heavy atom. The first kappa shape index (κ1) is 13.0. The van der Waals surface area contributed by atoms with Crippen molar-refractivity contribution in [3.63, 3.8) is 0 Å². The summed E-state index contributed by atoms with van der Waals surface area (Å²) >= 11 is 0. The Hall–Kier alpha value is -1.10. The molecule has 1 fully saturated rings. The van der Waals surface area contributed by atoms with Gasteiger partial charge in [-0.25, -0.2) is 0 Å². The number of carbonyl (C=O) groups is 2. The highest BCUT2D eigenvalue weighted by Crippen LogP contribution is 2.26. The van der Waals surface area contributed by atoms with Gasteiger partial charge in [-0.1, -0.05) is 0 Å². The molecule has 5 heteroatoms. The number of nitrogens with two attached hydrogens (primary N) is 1. The molecule has 5 nitrogen and oxygen atoms in total. The van der Waals surface area contributed by atoms with E-state index in [2.05, 4.69) is 0 Å². The van der Waals surface area contributed by atoms with Crippen molar-refractivity contribution in [2.24, 2.45) is 11.1 Å². The van der Waals surface area contributed by atoms with Gasteiger partial charge in [-0.3, -0.25) is 9.59 Å². The van der Waals surface area contributed by atoms with E-state index in [9.17, 15) is 9.59 Å². The van der Waals surface area contributed by atoms with Crippen molar-refractivity contribution in [1.29, 1.82) is 0 Å². The van der Waals surface area contributed by atoms with Gasteiger partial charge in [0.1, 0.15) is 5.41 Å². The summed E-state index contributed by atoms with van der Waals surface area (Å²) in [4.78, 5) is 22.1. The van der Waals surface area contributed by atoms with E-state index >= 15 is 0 Å². The minimum absolute atomic E-state index is 0.228. The van der Waals surface area contributed by atoms with Gasteiger partial charge in [0.2, 0.25) is 5.91 Å². The van der Waals surface area contributed by atoms with E-state index in [4.69, 9.17) is 15.6 Å². The second-order valence-corrected chi connectivity index (χ2v) is 4.53. The Bertz CT molecular complexity index is 257. The highest BCUT2D eigenvalue weighted by Gasteiger charge is 2.39. The lowest BCUT2D eigenvalue weighted by atomic mass is 9.84. The molecule has 0 aromatic rings. The summed E-state index contributed by atoms with van der Waals surface area (Å²) in [6.07, 6.45) is 4.05. The van der Waals surface area contributed by atoms with Crippen molar-refractivity contribution in [2.45, 2.75) is 45.1 Å². The van der Waals surface area contributed by atoms with Crippen LogP contribution in [0.1, 0.15) is 39.0 Å². The number of rotatable bonds is 6. The lowest BCUT2D eigenvalue weighted by molar-refractivity contribution is -0.154. The van der Waals surface area contributed by atoms with Crippen LogP contribution >= 0.6 is 0 Å². The maximum Gasteiger partial charge on any atom is 0.318 e. The summed E-state index contributed by atoms with van der Waals surface area (Å²) in [5, 5.41) is 8.96. The number of ether oxygens (including phenoxy) is 1. The molecule has 0 spiro atoms. The first-order valence-corrected chi connectivity index (χ1v) is 5.61. The maximum atomic E-state index is 11.1. The van der Waals surface area contributed by atoms with Crippen LogP contribution in [0.25, 0.3) is 0 Å². The van der Waals surface area contributed by atoms with E-state index in [1.807, 2.05) is 0 Å². The van der Waals surface area contributed by atoms with Gasteiger partial charge < -0.3 is 15.6 Å². The lowest BCUT2D eigenvalue weighted by Crippen LogP contribution is -2.41. The average molecular weight is 229 g/mol. The van der Waals surface area contributed by atoms with Crippen LogP contribution in [0.3, 0.4) is 0 Å². The Morgan fingerprint density at radius 2 is 2.25 bits per heavy atom. The van der Waals surface area contributed by atoms with Gasteiger partial charge in [0.25, 0.3) is 0 Å². The zero-order valence-corrected chi connectivity index (χ0v) is 9.57. The zero-order chi connectivity index (χ0) is 12.2. The fourth-order valence-electron chi connectivity index (χ4n) is 1.89. The largest absolute Gasteiger partial charge is 0.480 e. The minimum Gasteiger partial charge on any atom is -0.480 e. The second-order valence-electron chi connectivity index (χ2n) is 4.53. The van der Waals surface area contributed by atoms with Gasteiger partial charge in [-0.15, -0.1) is 0 Å². The SMILES string of the molecule is CC(CCCC1CCCO1)(C(N)=O)C(=O)O. The van der Waals surface area contributed by atoms with Gasteiger partial charge in [0.15, 0.2) is 0 Å². The molecule has 0 bridgehead atoms. The smallest absolute Gasteiger partial charge is 0.318 e. The molecule has 1 saturated heterocycles. The average Bonchev–Trinajstić information content (AvgIpc) is 2.69. The normalized spacial score (nSPS) is 23.9. The molecular weight excluding hydrogens is 210 g/mol. The van der Waals surface area contributed by atoms with E-state index in [1.54, 1.807) is 0 Å². The first-order chi connectivity index (χ1) is 7.47. The van der Waals surface area contributed by atoms with Gasteiger partial charge in [-0.05, 0) is 39.0 Å². The number of carboxylic acids is 1. The molecule has 1 rings (SSSR count). The Labute approximate surface area is 95.0 Å². The van der Waals surface area contributed by atoms with Gasteiger partial charge in [-0.2, -0.15) is 0 Å². The molecule has 3 N–H and O–H groups in total. The van der Waals surface area contributed by atoms with Crippen LogP contribution in [0, 0.1) is 5.41 Å². The quantitative estimate of drug-likeness (QED) is 0.662. The molecule has 0 aromatic heterocycles. The van der Waals surface area contributed by atoms with E-state index in [0.29, 0.717) is 6.42 Å². The van der Waals surface area contributed by atoms with Gasteiger partial charge in [0.05, 0.1) is 6.10 Å². The molecule has 0 saturated carbocycles. The van der Waals surface area contributed by atoms with Crippen LogP contribution in [0.4, 0.5) is 0 Å². The van der Waals surface area contributed by atoms with Crippen molar-refractivity contribution in [1.82, 2.24) is 0 Å². The molecule has 0 aromatic carbocycles. The van der Waals surface area contributed by atoms with Gasteiger partial charge >= 0.3 is 5.97 Å². The van der Waals surface area contributed by atoms with E-state index in [-0.39, 0.29) is 12.5 Å². The number of carbonyl (C=O) groups excluding carboxylic acids is 1. The fourth-order valence-corrected chi connectivity index (χ4v) is 1.89. The second kappa shape index (κ2) is 5.30. The minimum atomic E-state index is -1.45. The first-order valence-electron chi connectivity index (χ1n) is 5.61. The van der Waals surface area contributed by atoms with Crippen molar-refractivity contribution in [3.8, 4) is 0 Å². The third-order valence-corrected chi connectivity index (χ3v) is 3.24. The predicted octanol–water partition coefficient (Wildman–Crippen LogP) is 0.912. The summed E-state index contributed by atoms with van der Waals surface area (Å²) in [7, 11) is 0. The number of hydrogen-bond acceptors (Lipinski definition) is 3. The highest BCUT2D eigenvalue weighted by molar-refractivity contribution is 6.00. The molecule has 0 aliphatic carbocycles. The third kappa shape index (κ3) is 2.95. The fraction of sp³-hybridized carbons (Fsp3) is 0.818. The number of primary amides is 1. The van der Waals surface area contributed by atoms with E-state index in [0.717, 1.165) is 25.9 Å². The van der Waals surface area contributed by atoms with Crippen LogP contribution in [0.5, 0.6) is 0 Å². The molecule has 1 aliphatic heterocycles. The maximum absolute atomic E-state index is 11.1. The molecule has 1 heterocycles. The number of hydrogen-bond donors (Lipinski definition) is 2. The third-order valence-electron chi connectivity index (χ3n) is 3.24. The lowest BCUT2D eigenvalue weighted by Gasteiger charge is -2.21. The number of carboxylic acid groups (broad SMARTS) is 1. The number of aliphatic carboxylic acids is 1. The molecule has 2 atom stereocenters. The molecule has 2 unspecified atom stereocenters. The van der Waals surface area contributed by atoms with Crippen LogP contribution in [-0.2, 0) is 14.3 Å². The Morgan fingerprint density at radius 3 is 2.69 bits per heavy atom. The van der Waals surface area contributed by atoms with Crippen molar-refractivity contribution in [2.75, 3.05) is 6.61 Å². The topological polar surface area (TPSA) is 89.6 Å². The molecule has 1 amide bonds. The van der Waals surface area contributed by atoms with E-state index in [1.165, 1.54) is 6.92 Å². The summed E-state index contributed by atoms with van der Waals surface area (Å²) in [5.74, 6) is -1.92. The summed E-state index contributed by atoms with van der Waals surface area (Å²) in [5.41, 5.74) is 3.67. The van der Waals surface area contributed by atoms with Crippen molar-refractivity contribution < 1.29 is 19.4 Å². The molecule has 92 valence electrons. The van der Waals surface area contributed by atoms with Crippen LogP contribution in [-0.4, -0.2) is 29.7 Å². The number of amides is 1. The molecular formula is C11H19NO4. The van der Waals surface area contributed by atoms with Crippen LogP contribution < -0.4 is 5.73 Å². The van der Waals surface area contributed by atoms with Crippen molar-refractivity contribution in [3.05, 3.63) is 0 Å². The zero-order valence-electron chi connectivity index (χ0n) is 9.57. The van der Waals surface area contributed by atoms with Gasteiger partial charge in [0, 0.05) is 6.61 Å². The molecule has 16 heavy (non-hydrogen) atoms. The van der Waals surface area contributed by atoms with Crippen LogP contribution in [0.2, 0.25) is 0 Å². The molecule has 0 radical (unpaired) electrons. The highest BCUT2D eigenvalue weighted by atomic mass is 16.5. The van der Waals surface area contributed by atoms with E-state index < -0.39 is 17.3 Å². The standard InChI is InChI=1S/C11H19NO4/c1-11(9(12)13,10(14)15)6-2-4-8-5-3-7-16-8/h8H,2-7H2,1H3,(H2,12,13)(H,14,15). The summed E-state index contributed by atoms with van der Waals surface area (Å²) in [6.45, 7) is 2.17.